The van der Waals surface area contributed by atoms with Gasteiger partial charge in [-0.15, -0.1) is 0 Å². The zero-order chi connectivity index (χ0) is 21.6. The first-order valence-electron chi connectivity index (χ1n) is 8.07. The number of allylic oxidation sites excluding steroid dienone is 1. The zero-order valence-electron chi connectivity index (χ0n) is 15.4. The molecule has 0 fully saturated rings. The summed E-state index contributed by atoms with van der Waals surface area (Å²) in [7, 11) is 2.59. The van der Waals surface area contributed by atoms with Crippen molar-refractivity contribution in [2.75, 3.05) is 20.8 Å². The fourth-order valence-electron chi connectivity index (χ4n) is 2.35. The number of nitro benzene ring substituents is 1. The lowest BCUT2D eigenvalue weighted by Crippen LogP contribution is -2.10. The fourth-order valence-corrected chi connectivity index (χ4v) is 2.35. The van der Waals surface area contributed by atoms with Crippen molar-refractivity contribution in [2.45, 2.75) is 0 Å². The highest BCUT2D eigenvalue weighted by molar-refractivity contribution is 6.07. The van der Waals surface area contributed by atoms with E-state index in [2.05, 4.69) is 0 Å². The summed E-state index contributed by atoms with van der Waals surface area (Å²) in [6.45, 7) is -0.564. The molecule has 0 unspecified atom stereocenters. The number of carboxylic acid groups (broad SMARTS) is 1. The van der Waals surface area contributed by atoms with Gasteiger partial charge in [0.15, 0.2) is 29.6 Å². The van der Waals surface area contributed by atoms with E-state index >= 15 is 0 Å². The Morgan fingerprint density at radius 3 is 2.38 bits per heavy atom. The van der Waals surface area contributed by atoms with Gasteiger partial charge in [0.25, 0.3) is 0 Å². The van der Waals surface area contributed by atoms with Crippen molar-refractivity contribution < 1.29 is 38.9 Å². The van der Waals surface area contributed by atoms with E-state index in [1.807, 2.05) is 0 Å². The highest BCUT2D eigenvalue weighted by Crippen LogP contribution is 2.37. The van der Waals surface area contributed by atoms with Gasteiger partial charge in [-0.2, -0.15) is 0 Å². The molecule has 0 amide bonds. The molecule has 0 aromatic heterocycles. The number of carboxylic acids is 1. The van der Waals surface area contributed by atoms with Crippen LogP contribution >= 0.6 is 0 Å². The molecular formula is C19H17NO9. The van der Waals surface area contributed by atoms with Crippen molar-refractivity contribution in [3.05, 3.63) is 57.6 Å². The first-order valence-corrected chi connectivity index (χ1v) is 8.07. The number of phenols is 1. The predicted octanol–water partition coefficient (Wildman–Crippen LogP) is 2.68. The van der Waals surface area contributed by atoms with Crippen molar-refractivity contribution in [3.63, 3.8) is 0 Å². The number of carbonyl (C=O) groups is 2. The summed E-state index contributed by atoms with van der Waals surface area (Å²) in [5, 5.41) is 29.5. The molecule has 10 heteroatoms. The molecule has 2 aromatic carbocycles. The second-order valence-corrected chi connectivity index (χ2v) is 5.59. The number of methoxy groups -OCH3 is 2. The Bertz CT molecular complexity index is 982. The maximum atomic E-state index is 12.4. The first kappa shape index (κ1) is 21.2. The summed E-state index contributed by atoms with van der Waals surface area (Å²) in [5.74, 6) is -1.98. The van der Waals surface area contributed by atoms with E-state index < -0.39 is 34.7 Å². The number of nitro groups is 1. The smallest absolute Gasteiger partial charge is 0.341 e. The molecule has 2 rings (SSSR count). The van der Waals surface area contributed by atoms with Gasteiger partial charge < -0.3 is 24.4 Å². The minimum Gasteiger partial charge on any atom is -0.500 e. The van der Waals surface area contributed by atoms with Gasteiger partial charge in [-0.05, 0) is 35.9 Å². The van der Waals surface area contributed by atoms with Crippen LogP contribution in [0.25, 0.3) is 6.08 Å². The summed E-state index contributed by atoms with van der Waals surface area (Å²) >= 11 is 0. The molecule has 0 aliphatic heterocycles. The Morgan fingerprint density at radius 2 is 1.79 bits per heavy atom. The van der Waals surface area contributed by atoms with Gasteiger partial charge in [-0.3, -0.25) is 14.9 Å². The number of aliphatic carboxylic acids is 1. The van der Waals surface area contributed by atoms with Gasteiger partial charge in [0.05, 0.1) is 19.1 Å². The number of benzene rings is 2. The summed E-state index contributed by atoms with van der Waals surface area (Å²) in [6, 6.07) is 6.65. The highest BCUT2D eigenvalue weighted by atomic mass is 16.6. The number of aromatic hydroxyl groups is 1. The van der Waals surface area contributed by atoms with Gasteiger partial charge in [0, 0.05) is 11.6 Å². The number of ether oxygens (including phenoxy) is 3. The molecule has 0 heterocycles. The number of ketones is 1. The molecule has 0 saturated heterocycles. The highest BCUT2D eigenvalue weighted by Gasteiger charge is 2.19. The number of phenolic OH excluding ortho intramolecular Hbond substituents is 1. The Balaban J connectivity index is 2.28. The van der Waals surface area contributed by atoms with E-state index in [9.17, 15) is 24.8 Å². The fraction of sp³-hybridized carbons (Fsp3) is 0.158. The van der Waals surface area contributed by atoms with E-state index in [0.29, 0.717) is 0 Å². The SMILES string of the molecule is COc1cc(C(=O)/C=C/c2cc(OC)c(O)c([N+](=O)[O-])c2)ccc1OCC(=O)O. The number of rotatable bonds is 9. The standard InChI is InChI=1S/C19H17NO9/c1-27-16-9-12(4-6-15(16)29-10-18(22)23)14(21)5-3-11-7-13(20(25)26)19(24)17(8-11)28-2/h3-9,24H,10H2,1-2H3,(H,22,23)/b5-3+. The Morgan fingerprint density at radius 1 is 1.10 bits per heavy atom. The topological polar surface area (TPSA) is 145 Å². The van der Waals surface area contributed by atoms with Gasteiger partial charge in [0.1, 0.15) is 0 Å². The van der Waals surface area contributed by atoms with Crippen LogP contribution < -0.4 is 14.2 Å². The normalized spacial score (nSPS) is 10.6. The number of nitrogens with zero attached hydrogens (tertiary/aromatic N) is 1. The number of carbonyl (C=O) groups excluding carboxylic acids is 1. The van der Waals surface area contributed by atoms with Crippen LogP contribution in [-0.4, -0.2) is 47.7 Å². The molecule has 0 saturated carbocycles. The summed E-state index contributed by atoms with van der Waals surface area (Å²) in [6.07, 6.45) is 2.51. The summed E-state index contributed by atoms with van der Waals surface area (Å²) in [5.41, 5.74) is -0.0628. The third kappa shape index (κ3) is 5.22. The largest absolute Gasteiger partial charge is 0.500 e. The minimum atomic E-state index is -1.16. The molecule has 2 N–H and O–H groups in total. The van der Waals surface area contributed by atoms with Crippen LogP contribution in [0.5, 0.6) is 23.0 Å². The average molecular weight is 403 g/mol. The van der Waals surface area contributed by atoms with E-state index in [-0.39, 0.29) is 28.4 Å². The summed E-state index contributed by atoms with van der Waals surface area (Å²) < 4.78 is 15.1. The maximum Gasteiger partial charge on any atom is 0.341 e. The third-order valence-electron chi connectivity index (χ3n) is 3.72. The molecule has 0 atom stereocenters. The molecule has 0 aliphatic carbocycles. The van der Waals surface area contributed by atoms with Crippen LogP contribution in [0.1, 0.15) is 15.9 Å². The van der Waals surface area contributed by atoms with Crippen LogP contribution in [0.3, 0.4) is 0 Å². The lowest BCUT2D eigenvalue weighted by Gasteiger charge is -2.10. The van der Waals surface area contributed by atoms with Crippen LogP contribution in [0.4, 0.5) is 5.69 Å². The van der Waals surface area contributed by atoms with E-state index in [0.717, 1.165) is 6.07 Å². The Hall–Kier alpha value is -4.08. The lowest BCUT2D eigenvalue weighted by atomic mass is 10.1. The quantitative estimate of drug-likeness (QED) is 0.279. The van der Waals surface area contributed by atoms with E-state index in [1.165, 1.54) is 50.6 Å². The molecule has 29 heavy (non-hydrogen) atoms. The van der Waals surface area contributed by atoms with Crippen molar-refractivity contribution in [3.8, 4) is 23.0 Å². The molecule has 2 aromatic rings. The van der Waals surface area contributed by atoms with Crippen molar-refractivity contribution in [1.82, 2.24) is 0 Å². The van der Waals surface area contributed by atoms with Gasteiger partial charge >= 0.3 is 11.7 Å². The monoisotopic (exact) mass is 403 g/mol. The average Bonchev–Trinajstić information content (AvgIpc) is 2.70. The molecular weight excluding hydrogens is 386 g/mol. The third-order valence-corrected chi connectivity index (χ3v) is 3.72. The van der Waals surface area contributed by atoms with Gasteiger partial charge in [-0.25, -0.2) is 4.79 Å². The molecule has 0 aliphatic rings. The van der Waals surface area contributed by atoms with Crippen LogP contribution in [-0.2, 0) is 4.79 Å². The summed E-state index contributed by atoms with van der Waals surface area (Å²) in [4.78, 5) is 33.3. The van der Waals surface area contributed by atoms with Crippen LogP contribution in [0.2, 0.25) is 0 Å². The van der Waals surface area contributed by atoms with Crippen molar-refractivity contribution >= 4 is 23.5 Å². The zero-order valence-corrected chi connectivity index (χ0v) is 15.4. The molecule has 152 valence electrons. The maximum absolute atomic E-state index is 12.4. The van der Waals surface area contributed by atoms with Gasteiger partial charge in [-0.1, -0.05) is 6.08 Å². The lowest BCUT2D eigenvalue weighted by molar-refractivity contribution is -0.386. The van der Waals surface area contributed by atoms with Crippen molar-refractivity contribution in [1.29, 1.82) is 0 Å². The second kappa shape index (κ2) is 9.22. The molecule has 0 radical (unpaired) electrons. The Labute approximate surface area is 164 Å². The molecule has 0 spiro atoms. The predicted molar refractivity (Wildman–Crippen MR) is 101 cm³/mol. The second-order valence-electron chi connectivity index (χ2n) is 5.59. The first-order chi connectivity index (χ1) is 13.8. The van der Waals surface area contributed by atoms with Crippen LogP contribution in [0, 0.1) is 10.1 Å². The Kier molecular flexibility index (Phi) is 6.75. The molecule has 0 bridgehead atoms. The van der Waals surface area contributed by atoms with Crippen molar-refractivity contribution in [2.24, 2.45) is 0 Å². The van der Waals surface area contributed by atoms with Crippen LogP contribution in [0.15, 0.2) is 36.4 Å². The minimum absolute atomic E-state index is 0.104. The van der Waals surface area contributed by atoms with E-state index in [4.69, 9.17) is 19.3 Å². The number of hydrogen-bond acceptors (Lipinski definition) is 8. The number of hydrogen-bond donors (Lipinski definition) is 2. The van der Waals surface area contributed by atoms with Gasteiger partial charge in [0.2, 0.25) is 5.75 Å². The molecule has 10 nitrogen and oxygen atoms in total. The van der Waals surface area contributed by atoms with E-state index in [1.54, 1.807) is 0 Å².